The molecular formula is C15H15NO3S. The van der Waals surface area contributed by atoms with E-state index < -0.39 is 5.97 Å². The highest BCUT2D eigenvalue weighted by molar-refractivity contribution is 7.10. The van der Waals surface area contributed by atoms with Crippen LogP contribution in [0.3, 0.4) is 0 Å². The highest BCUT2D eigenvalue weighted by Gasteiger charge is 2.11. The number of hydrogen-bond acceptors (Lipinski definition) is 4. The molecule has 0 atom stereocenters. The molecule has 1 amide bonds. The van der Waals surface area contributed by atoms with Gasteiger partial charge in [0.1, 0.15) is 0 Å². The minimum atomic E-state index is -0.406. The molecule has 0 fully saturated rings. The van der Waals surface area contributed by atoms with E-state index >= 15 is 0 Å². The van der Waals surface area contributed by atoms with Crippen molar-refractivity contribution >= 4 is 28.9 Å². The van der Waals surface area contributed by atoms with Crippen LogP contribution in [-0.2, 0) is 16.0 Å². The predicted octanol–water partition coefficient (Wildman–Crippen LogP) is 3.02. The Bertz CT molecular complexity index is 620. The number of amides is 1. The predicted molar refractivity (Wildman–Crippen MR) is 79.2 cm³/mol. The van der Waals surface area contributed by atoms with Crippen molar-refractivity contribution in [2.24, 2.45) is 0 Å². The van der Waals surface area contributed by atoms with Crippen LogP contribution in [-0.4, -0.2) is 19.0 Å². The van der Waals surface area contributed by atoms with Gasteiger partial charge in [0, 0.05) is 10.6 Å². The lowest BCUT2D eigenvalue weighted by Gasteiger charge is -2.08. The monoisotopic (exact) mass is 289 g/mol. The van der Waals surface area contributed by atoms with Crippen LogP contribution in [0.2, 0.25) is 0 Å². The maximum Gasteiger partial charge on any atom is 0.338 e. The number of hydrogen-bond donors (Lipinski definition) is 1. The molecule has 0 radical (unpaired) electrons. The van der Waals surface area contributed by atoms with Crippen molar-refractivity contribution < 1.29 is 14.3 Å². The SMILES string of the molecule is COC(=O)c1cc(NC(=O)Cc2cccs2)ccc1C. The van der Waals surface area contributed by atoms with Crippen LogP contribution < -0.4 is 5.32 Å². The van der Waals surface area contributed by atoms with Gasteiger partial charge in [0.05, 0.1) is 19.1 Å². The zero-order valence-corrected chi connectivity index (χ0v) is 12.1. The Morgan fingerprint density at radius 3 is 2.75 bits per heavy atom. The molecule has 104 valence electrons. The second-order valence-corrected chi connectivity index (χ2v) is 5.36. The first kappa shape index (κ1) is 14.3. The molecule has 1 aromatic heterocycles. The lowest BCUT2D eigenvalue weighted by Crippen LogP contribution is -2.14. The van der Waals surface area contributed by atoms with Crippen molar-refractivity contribution in [3.63, 3.8) is 0 Å². The third-order valence-electron chi connectivity index (χ3n) is 2.84. The zero-order valence-electron chi connectivity index (χ0n) is 11.3. The maximum atomic E-state index is 11.9. The summed E-state index contributed by atoms with van der Waals surface area (Å²) in [7, 11) is 1.34. The second-order valence-electron chi connectivity index (χ2n) is 4.33. The fraction of sp³-hybridized carbons (Fsp3) is 0.200. The first-order valence-corrected chi connectivity index (χ1v) is 6.99. The lowest BCUT2D eigenvalue weighted by atomic mass is 10.1. The third-order valence-corrected chi connectivity index (χ3v) is 3.72. The van der Waals surface area contributed by atoms with E-state index in [9.17, 15) is 9.59 Å². The quantitative estimate of drug-likeness (QED) is 0.880. The van der Waals surface area contributed by atoms with E-state index in [-0.39, 0.29) is 5.91 Å². The molecule has 0 aliphatic carbocycles. The van der Waals surface area contributed by atoms with Crippen LogP contribution >= 0.6 is 11.3 Å². The van der Waals surface area contributed by atoms with Gasteiger partial charge in [-0.2, -0.15) is 0 Å². The minimum absolute atomic E-state index is 0.105. The van der Waals surface area contributed by atoms with Crippen molar-refractivity contribution in [3.8, 4) is 0 Å². The number of methoxy groups -OCH3 is 1. The molecule has 2 rings (SSSR count). The largest absolute Gasteiger partial charge is 0.465 e. The zero-order chi connectivity index (χ0) is 14.5. The van der Waals surface area contributed by atoms with E-state index in [1.165, 1.54) is 7.11 Å². The fourth-order valence-corrected chi connectivity index (χ4v) is 2.51. The van der Waals surface area contributed by atoms with Gasteiger partial charge in [0.15, 0.2) is 0 Å². The Balaban J connectivity index is 2.09. The van der Waals surface area contributed by atoms with Crippen molar-refractivity contribution in [1.82, 2.24) is 0 Å². The Morgan fingerprint density at radius 1 is 1.30 bits per heavy atom. The summed E-state index contributed by atoms with van der Waals surface area (Å²) in [5.41, 5.74) is 1.87. The molecule has 0 bridgehead atoms. The number of rotatable bonds is 4. The number of esters is 1. The van der Waals surface area contributed by atoms with Crippen molar-refractivity contribution in [3.05, 3.63) is 51.7 Å². The van der Waals surface area contributed by atoms with E-state index in [4.69, 9.17) is 4.74 Å². The van der Waals surface area contributed by atoms with Gasteiger partial charge in [-0.15, -0.1) is 11.3 Å². The van der Waals surface area contributed by atoms with Gasteiger partial charge in [0.2, 0.25) is 5.91 Å². The maximum absolute atomic E-state index is 11.9. The number of aryl methyl sites for hydroxylation is 1. The van der Waals surface area contributed by atoms with E-state index in [0.29, 0.717) is 17.7 Å². The topological polar surface area (TPSA) is 55.4 Å². The molecule has 4 nitrogen and oxygen atoms in total. The average molecular weight is 289 g/mol. The van der Waals surface area contributed by atoms with Gasteiger partial charge < -0.3 is 10.1 Å². The summed E-state index contributed by atoms with van der Waals surface area (Å²) in [4.78, 5) is 24.5. The molecule has 5 heteroatoms. The van der Waals surface area contributed by atoms with Crippen LogP contribution in [0.5, 0.6) is 0 Å². The summed E-state index contributed by atoms with van der Waals surface area (Å²) in [6.45, 7) is 1.82. The summed E-state index contributed by atoms with van der Waals surface area (Å²) in [5, 5.41) is 4.72. The molecule has 1 N–H and O–H groups in total. The van der Waals surface area contributed by atoms with Gasteiger partial charge in [-0.05, 0) is 36.1 Å². The number of thiophene rings is 1. The minimum Gasteiger partial charge on any atom is -0.465 e. The Labute approximate surface area is 121 Å². The van der Waals surface area contributed by atoms with Crippen LogP contribution in [0.15, 0.2) is 35.7 Å². The average Bonchev–Trinajstić information content (AvgIpc) is 2.92. The molecule has 0 unspecified atom stereocenters. The van der Waals surface area contributed by atoms with Crippen molar-refractivity contribution in [1.29, 1.82) is 0 Å². The van der Waals surface area contributed by atoms with E-state index in [2.05, 4.69) is 5.32 Å². The van der Waals surface area contributed by atoms with Gasteiger partial charge in [-0.1, -0.05) is 12.1 Å². The molecule has 0 spiro atoms. The summed E-state index contributed by atoms with van der Waals surface area (Å²) >= 11 is 1.54. The molecule has 1 aromatic carbocycles. The summed E-state index contributed by atoms with van der Waals surface area (Å²) in [6, 6.07) is 9.02. The molecule has 0 saturated heterocycles. The van der Waals surface area contributed by atoms with Gasteiger partial charge >= 0.3 is 5.97 Å². The smallest absolute Gasteiger partial charge is 0.338 e. The standard InChI is InChI=1S/C15H15NO3S/c1-10-5-6-11(8-13(10)15(18)19-2)16-14(17)9-12-4-3-7-20-12/h3-8H,9H2,1-2H3,(H,16,17). The number of ether oxygens (including phenoxy) is 1. The van der Waals surface area contributed by atoms with Crippen LogP contribution in [0.4, 0.5) is 5.69 Å². The van der Waals surface area contributed by atoms with Gasteiger partial charge in [0.25, 0.3) is 0 Å². The Morgan fingerprint density at radius 2 is 2.10 bits per heavy atom. The first-order chi connectivity index (χ1) is 9.60. The Hall–Kier alpha value is -2.14. The molecule has 20 heavy (non-hydrogen) atoms. The van der Waals surface area contributed by atoms with E-state index in [1.54, 1.807) is 29.5 Å². The summed E-state index contributed by atoms with van der Waals surface area (Å²) < 4.78 is 4.71. The molecule has 0 aliphatic rings. The molecule has 0 aliphatic heterocycles. The number of anilines is 1. The first-order valence-electron chi connectivity index (χ1n) is 6.11. The number of carbonyl (C=O) groups is 2. The molecular weight excluding hydrogens is 274 g/mol. The molecule has 2 aromatic rings. The normalized spacial score (nSPS) is 10.1. The molecule has 1 heterocycles. The summed E-state index contributed by atoms with van der Waals surface area (Å²) in [6.07, 6.45) is 0.332. The van der Waals surface area contributed by atoms with Crippen LogP contribution in [0.1, 0.15) is 20.8 Å². The highest BCUT2D eigenvalue weighted by atomic mass is 32.1. The number of nitrogens with one attached hydrogen (secondary N) is 1. The van der Waals surface area contributed by atoms with Gasteiger partial charge in [-0.3, -0.25) is 4.79 Å². The highest BCUT2D eigenvalue weighted by Crippen LogP contribution is 2.17. The Kier molecular flexibility index (Phi) is 4.53. The number of carbonyl (C=O) groups excluding carboxylic acids is 2. The van der Waals surface area contributed by atoms with E-state index in [0.717, 1.165) is 10.4 Å². The van der Waals surface area contributed by atoms with Crippen LogP contribution in [0.25, 0.3) is 0 Å². The van der Waals surface area contributed by atoms with Crippen molar-refractivity contribution in [2.45, 2.75) is 13.3 Å². The fourth-order valence-electron chi connectivity index (χ4n) is 1.81. The van der Waals surface area contributed by atoms with Gasteiger partial charge in [-0.25, -0.2) is 4.79 Å². The lowest BCUT2D eigenvalue weighted by molar-refractivity contribution is -0.115. The van der Waals surface area contributed by atoms with E-state index in [1.807, 2.05) is 24.4 Å². The third kappa shape index (κ3) is 3.45. The number of benzene rings is 1. The second kappa shape index (κ2) is 6.34. The van der Waals surface area contributed by atoms with Crippen LogP contribution in [0, 0.1) is 6.92 Å². The summed E-state index contributed by atoms with van der Waals surface area (Å²) in [5.74, 6) is -0.510. The van der Waals surface area contributed by atoms with Crippen molar-refractivity contribution in [2.75, 3.05) is 12.4 Å². The molecule has 0 saturated carbocycles.